The monoisotopic (exact) mass is 253 g/mol. The Morgan fingerprint density at radius 3 is 2.74 bits per heavy atom. The maximum absolute atomic E-state index is 11.2. The van der Waals surface area contributed by atoms with E-state index in [9.17, 15) is 9.90 Å². The first kappa shape index (κ1) is 11.3. The van der Waals surface area contributed by atoms with E-state index in [0.29, 0.717) is 22.6 Å². The van der Waals surface area contributed by atoms with Gasteiger partial charge >= 0.3 is 5.97 Å². The van der Waals surface area contributed by atoms with Gasteiger partial charge in [0.25, 0.3) is 0 Å². The second-order valence-corrected chi connectivity index (χ2v) is 4.17. The number of nitrogen functional groups attached to an aromatic ring is 1. The van der Waals surface area contributed by atoms with Crippen LogP contribution < -0.4 is 5.73 Å². The predicted octanol–water partition coefficient (Wildman–Crippen LogP) is 2.28. The highest BCUT2D eigenvalue weighted by Gasteiger charge is 2.14. The summed E-state index contributed by atoms with van der Waals surface area (Å²) in [4.78, 5) is 15.6. The molecule has 94 valence electrons. The van der Waals surface area contributed by atoms with Crippen LogP contribution in [0.15, 0.2) is 48.8 Å². The first-order valence-corrected chi connectivity index (χ1v) is 5.72. The van der Waals surface area contributed by atoms with Gasteiger partial charge in [0.15, 0.2) is 5.65 Å². The van der Waals surface area contributed by atoms with Gasteiger partial charge in [0.1, 0.15) is 0 Å². The van der Waals surface area contributed by atoms with Gasteiger partial charge in [-0.05, 0) is 18.2 Å². The minimum Gasteiger partial charge on any atom is -0.478 e. The molecule has 3 aromatic rings. The Morgan fingerprint density at radius 2 is 2.00 bits per heavy atom. The van der Waals surface area contributed by atoms with Crippen LogP contribution in [0, 0.1) is 0 Å². The zero-order valence-electron chi connectivity index (χ0n) is 9.95. The molecule has 0 saturated carbocycles. The first-order chi connectivity index (χ1) is 9.16. The van der Waals surface area contributed by atoms with Crippen LogP contribution in [0.4, 0.5) is 5.69 Å². The van der Waals surface area contributed by atoms with E-state index in [1.807, 2.05) is 12.3 Å². The molecule has 3 N–H and O–H groups in total. The molecule has 0 radical (unpaired) electrons. The van der Waals surface area contributed by atoms with Crippen molar-refractivity contribution >= 4 is 17.3 Å². The molecule has 5 heteroatoms. The van der Waals surface area contributed by atoms with E-state index in [1.54, 1.807) is 40.9 Å². The van der Waals surface area contributed by atoms with E-state index in [2.05, 4.69) is 4.98 Å². The van der Waals surface area contributed by atoms with E-state index < -0.39 is 5.97 Å². The second-order valence-electron chi connectivity index (χ2n) is 4.17. The third-order valence-corrected chi connectivity index (χ3v) is 2.95. The van der Waals surface area contributed by atoms with E-state index >= 15 is 0 Å². The minimum atomic E-state index is -0.972. The number of fused-ring (bicyclic) bond motifs is 1. The number of carboxylic acids is 1. The highest BCUT2D eigenvalue weighted by atomic mass is 16.4. The lowest BCUT2D eigenvalue weighted by Gasteiger charge is -2.01. The van der Waals surface area contributed by atoms with E-state index in [1.165, 1.54) is 0 Å². The molecule has 0 bridgehead atoms. The lowest BCUT2D eigenvalue weighted by molar-refractivity contribution is 0.0697. The lowest BCUT2D eigenvalue weighted by Crippen LogP contribution is -1.99. The van der Waals surface area contributed by atoms with Crippen molar-refractivity contribution in [2.45, 2.75) is 0 Å². The highest BCUT2D eigenvalue weighted by molar-refractivity contribution is 5.95. The Hall–Kier alpha value is -2.82. The summed E-state index contributed by atoms with van der Waals surface area (Å²) in [7, 11) is 0. The van der Waals surface area contributed by atoms with Crippen LogP contribution in [0.25, 0.3) is 16.9 Å². The number of aromatic nitrogens is 2. The van der Waals surface area contributed by atoms with Crippen molar-refractivity contribution in [2.24, 2.45) is 0 Å². The molecule has 2 aromatic heterocycles. The number of pyridine rings is 1. The largest absolute Gasteiger partial charge is 0.478 e. The zero-order valence-corrected chi connectivity index (χ0v) is 9.95. The van der Waals surface area contributed by atoms with Gasteiger partial charge in [-0.2, -0.15) is 0 Å². The number of aromatic carboxylic acids is 1. The van der Waals surface area contributed by atoms with Crippen molar-refractivity contribution in [3.05, 3.63) is 54.4 Å². The number of nitrogens with zero attached hydrogens (tertiary/aromatic N) is 2. The van der Waals surface area contributed by atoms with Gasteiger partial charge in [-0.3, -0.25) is 0 Å². The maximum atomic E-state index is 11.2. The van der Waals surface area contributed by atoms with Gasteiger partial charge in [-0.25, -0.2) is 9.78 Å². The Balaban J connectivity index is 2.25. The van der Waals surface area contributed by atoms with Crippen LogP contribution in [0.1, 0.15) is 10.4 Å². The van der Waals surface area contributed by atoms with Crippen molar-refractivity contribution in [1.29, 1.82) is 0 Å². The SMILES string of the molecule is Nc1cccn2cc(-c3ccccc3C(=O)O)nc12. The summed E-state index contributed by atoms with van der Waals surface area (Å²) in [5.74, 6) is -0.972. The minimum absolute atomic E-state index is 0.226. The quantitative estimate of drug-likeness (QED) is 0.734. The first-order valence-electron chi connectivity index (χ1n) is 5.72. The summed E-state index contributed by atoms with van der Waals surface area (Å²) in [5, 5.41) is 9.20. The van der Waals surface area contributed by atoms with Crippen LogP contribution in [0.2, 0.25) is 0 Å². The Bertz CT molecular complexity index is 777. The molecule has 19 heavy (non-hydrogen) atoms. The molecule has 0 amide bonds. The molecule has 3 rings (SSSR count). The van der Waals surface area contributed by atoms with Crippen LogP contribution in [-0.2, 0) is 0 Å². The number of carbonyl (C=O) groups is 1. The smallest absolute Gasteiger partial charge is 0.336 e. The number of benzene rings is 1. The van der Waals surface area contributed by atoms with Gasteiger partial charge in [0.2, 0.25) is 0 Å². The zero-order chi connectivity index (χ0) is 13.4. The number of rotatable bonds is 2. The van der Waals surface area contributed by atoms with Gasteiger partial charge in [0, 0.05) is 18.0 Å². The van der Waals surface area contributed by atoms with E-state index in [0.717, 1.165) is 0 Å². The summed E-state index contributed by atoms with van der Waals surface area (Å²) < 4.78 is 1.78. The van der Waals surface area contributed by atoms with Crippen LogP contribution in [-0.4, -0.2) is 20.5 Å². The second kappa shape index (κ2) is 4.13. The molecule has 2 heterocycles. The number of anilines is 1. The number of nitrogens with two attached hydrogens (primary N) is 1. The Labute approximate surface area is 108 Å². The summed E-state index contributed by atoms with van der Waals surface area (Å²) in [5.41, 5.74) is 8.43. The predicted molar refractivity (Wildman–Crippen MR) is 72.0 cm³/mol. The van der Waals surface area contributed by atoms with Gasteiger partial charge < -0.3 is 15.2 Å². The molecule has 1 aromatic carbocycles. The number of imidazole rings is 1. The van der Waals surface area contributed by atoms with Gasteiger partial charge in [-0.1, -0.05) is 18.2 Å². The summed E-state index contributed by atoms with van der Waals surface area (Å²) in [6, 6.07) is 10.4. The van der Waals surface area contributed by atoms with E-state index in [4.69, 9.17) is 5.73 Å². The standard InChI is InChI=1S/C14H11N3O2/c15-11-6-3-7-17-8-12(16-13(11)17)9-4-1-2-5-10(9)14(18)19/h1-8H,15H2,(H,18,19). The summed E-state index contributed by atoms with van der Waals surface area (Å²) in [6.45, 7) is 0. The topological polar surface area (TPSA) is 80.6 Å². The van der Waals surface area contributed by atoms with Crippen LogP contribution >= 0.6 is 0 Å². The molecular formula is C14H11N3O2. The fourth-order valence-corrected chi connectivity index (χ4v) is 2.06. The number of hydrogen-bond donors (Lipinski definition) is 2. The lowest BCUT2D eigenvalue weighted by atomic mass is 10.1. The fourth-order valence-electron chi connectivity index (χ4n) is 2.06. The number of hydrogen-bond acceptors (Lipinski definition) is 3. The van der Waals surface area contributed by atoms with Crippen molar-refractivity contribution in [3.63, 3.8) is 0 Å². The van der Waals surface area contributed by atoms with Crippen molar-refractivity contribution in [3.8, 4) is 11.3 Å². The van der Waals surface area contributed by atoms with E-state index in [-0.39, 0.29) is 5.56 Å². The van der Waals surface area contributed by atoms with Crippen LogP contribution in [0.3, 0.4) is 0 Å². The molecule has 0 fully saturated rings. The summed E-state index contributed by atoms with van der Waals surface area (Å²) in [6.07, 6.45) is 3.60. The third-order valence-electron chi connectivity index (χ3n) is 2.95. The summed E-state index contributed by atoms with van der Waals surface area (Å²) >= 11 is 0. The third kappa shape index (κ3) is 1.81. The molecule has 0 atom stereocenters. The molecule has 0 unspecified atom stereocenters. The number of carboxylic acid groups (broad SMARTS) is 1. The average molecular weight is 253 g/mol. The molecule has 0 aliphatic carbocycles. The molecule has 0 spiro atoms. The van der Waals surface area contributed by atoms with Crippen molar-refractivity contribution < 1.29 is 9.90 Å². The normalized spacial score (nSPS) is 10.7. The molecule has 5 nitrogen and oxygen atoms in total. The average Bonchev–Trinajstić information content (AvgIpc) is 2.84. The van der Waals surface area contributed by atoms with Crippen molar-refractivity contribution in [2.75, 3.05) is 5.73 Å². The van der Waals surface area contributed by atoms with Gasteiger partial charge in [-0.15, -0.1) is 0 Å². The molecule has 0 aliphatic heterocycles. The van der Waals surface area contributed by atoms with Crippen molar-refractivity contribution in [1.82, 2.24) is 9.38 Å². The Kier molecular flexibility index (Phi) is 2.45. The molecular weight excluding hydrogens is 242 g/mol. The maximum Gasteiger partial charge on any atom is 0.336 e. The Morgan fingerprint density at radius 1 is 1.21 bits per heavy atom. The fraction of sp³-hybridized carbons (Fsp3) is 0. The molecule has 0 aliphatic rings. The molecule has 0 saturated heterocycles. The van der Waals surface area contributed by atoms with Crippen LogP contribution in [0.5, 0.6) is 0 Å². The highest BCUT2D eigenvalue weighted by Crippen LogP contribution is 2.24. The van der Waals surface area contributed by atoms with Gasteiger partial charge in [0.05, 0.1) is 16.9 Å².